The number of benzene rings is 2. The molecule has 0 radical (unpaired) electrons. The molecule has 0 unspecified atom stereocenters. The molecule has 2 heterocycles. The fourth-order valence-electron chi connectivity index (χ4n) is 3.85. The molecule has 2 aromatic carbocycles. The Morgan fingerprint density at radius 3 is 2.61 bits per heavy atom. The van der Waals surface area contributed by atoms with Gasteiger partial charge in [-0.15, -0.1) is 0 Å². The highest BCUT2D eigenvalue weighted by atomic mass is 19.4. The first-order valence-electron chi connectivity index (χ1n) is 9.54. The zero-order chi connectivity index (χ0) is 19.9. The predicted molar refractivity (Wildman–Crippen MR) is 105 cm³/mol. The van der Waals surface area contributed by atoms with E-state index in [0.29, 0.717) is 5.56 Å². The normalized spacial score (nSPS) is 14.9. The lowest BCUT2D eigenvalue weighted by Crippen LogP contribution is -2.17. The van der Waals surface area contributed by atoms with E-state index in [9.17, 15) is 13.2 Å². The minimum atomic E-state index is -4.45. The first kappa shape index (κ1) is 18.9. The maximum atomic E-state index is 13.7. The average molecular weight is 388 g/mol. The lowest BCUT2D eigenvalue weighted by molar-refractivity contribution is -0.137. The molecule has 0 bridgehead atoms. The monoisotopic (exact) mass is 388 g/mol. The summed E-state index contributed by atoms with van der Waals surface area (Å²) in [6.07, 6.45) is -3.72. The first-order valence-corrected chi connectivity index (χ1v) is 9.54. The maximum absolute atomic E-state index is 13.7. The van der Waals surface area contributed by atoms with Crippen LogP contribution in [-0.4, -0.2) is 23.8 Å². The summed E-state index contributed by atoms with van der Waals surface area (Å²) in [7, 11) is 0. The van der Waals surface area contributed by atoms with Crippen LogP contribution in [0.5, 0.6) is 5.75 Å². The van der Waals surface area contributed by atoms with Gasteiger partial charge in [0.25, 0.3) is 0 Å². The van der Waals surface area contributed by atoms with E-state index in [2.05, 4.69) is 16.0 Å². The Morgan fingerprint density at radius 1 is 1.04 bits per heavy atom. The highest BCUT2D eigenvalue weighted by Gasteiger charge is 2.34. The second kappa shape index (κ2) is 7.17. The molecule has 0 fully saturated rings. The maximum Gasteiger partial charge on any atom is 0.417 e. The summed E-state index contributed by atoms with van der Waals surface area (Å²) < 4.78 is 48.9. The number of aromatic nitrogens is 1. The SMILES string of the molecule is CC(C)Oc1ccc(-c2ccc3c(c2)cc2n3CCNCC2)c(C(F)(F)F)c1. The molecule has 1 aliphatic heterocycles. The summed E-state index contributed by atoms with van der Waals surface area (Å²) in [5.74, 6) is 0.232. The Labute approximate surface area is 162 Å². The van der Waals surface area contributed by atoms with E-state index in [1.54, 1.807) is 26.0 Å². The van der Waals surface area contributed by atoms with Crippen LogP contribution >= 0.6 is 0 Å². The third kappa shape index (κ3) is 3.61. The van der Waals surface area contributed by atoms with E-state index >= 15 is 0 Å². The van der Waals surface area contributed by atoms with E-state index in [4.69, 9.17) is 4.74 Å². The summed E-state index contributed by atoms with van der Waals surface area (Å²) in [5, 5.41) is 4.34. The van der Waals surface area contributed by atoms with Gasteiger partial charge in [-0.05, 0) is 55.3 Å². The van der Waals surface area contributed by atoms with Crippen molar-refractivity contribution >= 4 is 10.9 Å². The number of ether oxygens (including phenoxy) is 1. The van der Waals surface area contributed by atoms with E-state index in [1.807, 2.05) is 12.1 Å². The number of halogens is 3. The molecular weight excluding hydrogens is 365 g/mol. The number of hydrogen-bond donors (Lipinski definition) is 1. The van der Waals surface area contributed by atoms with Crippen molar-refractivity contribution in [3.63, 3.8) is 0 Å². The van der Waals surface area contributed by atoms with Gasteiger partial charge < -0.3 is 14.6 Å². The largest absolute Gasteiger partial charge is 0.491 e. The Hall–Kier alpha value is -2.47. The zero-order valence-electron chi connectivity index (χ0n) is 15.9. The lowest BCUT2D eigenvalue weighted by atomic mass is 9.98. The van der Waals surface area contributed by atoms with Crippen LogP contribution in [0.3, 0.4) is 0 Å². The van der Waals surface area contributed by atoms with E-state index in [1.165, 1.54) is 11.8 Å². The highest BCUT2D eigenvalue weighted by Crippen LogP contribution is 2.40. The van der Waals surface area contributed by atoms with E-state index in [0.717, 1.165) is 43.0 Å². The Bertz CT molecular complexity index is 1000. The highest BCUT2D eigenvalue weighted by molar-refractivity contribution is 5.87. The molecule has 0 amide bonds. The molecule has 0 saturated carbocycles. The van der Waals surface area contributed by atoms with Crippen LogP contribution in [0.15, 0.2) is 42.5 Å². The first-order chi connectivity index (χ1) is 13.3. The van der Waals surface area contributed by atoms with Crippen LogP contribution in [0.2, 0.25) is 0 Å². The summed E-state index contributed by atoms with van der Waals surface area (Å²) in [4.78, 5) is 0. The van der Waals surface area contributed by atoms with Crippen molar-refractivity contribution in [2.24, 2.45) is 0 Å². The summed E-state index contributed by atoms with van der Waals surface area (Å²) >= 11 is 0. The van der Waals surface area contributed by atoms with Gasteiger partial charge in [0.05, 0.1) is 11.7 Å². The fourth-order valence-corrected chi connectivity index (χ4v) is 3.85. The quantitative estimate of drug-likeness (QED) is 0.662. The van der Waals surface area contributed by atoms with Crippen molar-refractivity contribution in [3.8, 4) is 16.9 Å². The van der Waals surface area contributed by atoms with Gasteiger partial charge in [-0.3, -0.25) is 0 Å². The number of hydrogen-bond acceptors (Lipinski definition) is 2. The number of nitrogens with one attached hydrogen (secondary N) is 1. The van der Waals surface area contributed by atoms with Crippen LogP contribution in [-0.2, 0) is 19.1 Å². The third-order valence-corrected chi connectivity index (χ3v) is 5.04. The molecule has 1 aliphatic rings. The Balaban J connectivity index is 1.81. The van der Waals surface area contributed by atoms with E-state index < -0.39 is 11.7 Å². The molecule has 3 nitrogen and oxygen atoms in total. The summed E-state index contributed by atoms with van der Waals surface area (Å²) in [6, 6.07) is 11.9. The Morgan fingerprint density at radius 2 is 1.86 bits per heavy atom. The number of alkyl halides is 3. The van der Waals surface area contributed by atoms with Gasteiger partial charge in [0.2, 0.25) is 0 Å². The molecule has 1 N–H and O–H groups in total. The predicted octanol–water partition coefficient (Wildman–Crippen LogP) is 5.26. The standard InChI is InChI=1S/C22H23F3N2O/c1-14(2)28-18-4-5-19(20(13-18)22(23,24)25)15-3-6-21-16(11-15)12-17-7-8-26-9-10-27(17)21/h3-6,11-14,26H,7-10H2,1-2H3. The number of fused-ring (bicyclic) bond motifs is 3. The molecule has 28 heavy (non-hydrogen) atoms. The third-order valence-electron chi connectivity index (χ3n) is 5.04. The molecule has 148 valence electrons. The topological polar surface area (TPSA) is 26.2 Å². The van der Waals surface area contributed by atoms with Gasteiger partial charge in [-0.25, -0.2) is 0 Å². The molecule has 1 aromatic heterocycles. The van der Waals surface area contributed by atoms with Crippen molar-refractivity contribution < 1.29 is 17.9 Å². The fraction of sp³-hybridized carbons (Fsp3) is 0.364. The molecule has 4 rings (SSSR count). The van der Waals surface area contributed by atoms with Crippen molar-refractivity contribution in [1.29, 1.82) is 0 Å². The van der Waals surface area contributed by atoms with E-state index in [-0.39, 0.29) is 17.4 Å². The number of nitrogens with zero attached hydrogens (tertiary/aromatic N) is 1. The van der Waals surface area contributed by atoms with Gasteiger partial charge in [-0.1, -0.05) is 12.1 Å². The molecule has 3 aromatic rings. The average Bonchev–Trinajstić information content (AvgIpc) is 2.80. The minimum Gasteiger partial charge on any atom is -0.491 e. The van der Waals surface area contributed by atoms with Crippen molar-refractivity contribution in [1.82, 2.24) is 9.88 Å². The second-order valence-electron chi connectivity index (χ2n) is 7.43. The van der Waals surface area contributed by atoms with Crippen LogP contribution in [0, 0.1) is 0 Å². The lowest BCUT2D eigenvalue weighted by Gasteiger charge is -2.17. The molecular formula is C22H23F3N2O. The minimum absolute atomic E-state index is 0.175. The van der Waals surface area contributed by atoms with Gasteiger partial charge in [0, 0.05) is 42.7 Å². The van der Waals surface area contributed by atoms with Crippen LogP contribution in [0.25, 0.3) is 22.0 Å². The van der Waals surface area contributed by atoms with Gasteiger partial charge in [0.15, 0.2) is 0 Å². The molecule has 6 heteroatoms. The summed E-state index contributed by atoms with van der Waals surface area (Å²) in [5.41, 5.74) is 2.35. The van der Waals surface area contributed by atoms with Crippen molar-refractivity contribution in [2.75, 3.05) is 13.1 Å². The zero-order valence-corrected chi connectivity index (χ0v) is 15.9. The molecule has 0 saturated heterocycles. The second-order valence-corrected chi connectivity index (χ2v) is 7.43. The molecule has 0 aliphatic carbocycles. The molecule has 0 atom stereocenters. The smallest absolute Gasteiger partial charge is 0.417 e. The van der Waals surface area contributed by atoms with Crippen molar-refractivity contribution in [2.45, 2.75) is 39.1 Å². The molecule has 0 spiro atoms. The van der Waals surface area contributed by atoms with Crippen LogP contribution in [0.1, 0.15) is 25.1 Å². The van der Waals surface area contributed by atoms with Gasteiger partial charge in [-0.2, -0.15) is 13.2 Å². The van der Waals surface area contributed by atoms with Gasteiger partial charge >= 0.3 is 6.18 Å². The van der Waals surface area contributed by atoms with Crippen molar-refractivity contribution in [3.05, 3.63) is 53.7 Å². The van der Waals surface area contributed by atoms with Crippen LogP contribution < -0.4 is 10.1 Å². The number of rotatable bonds is 3. The van der Waals surface area contributed by atoms with Gasteiger partial charge in [0.1, 0.15) is 5.75 Å². The summed E-state index contributed by atoms with van der Waals surface area (Å²) in [6.45, 7) is 6.27. The van der Waals surface area contributed by atoms with Crippen LogP contribution in [0.4, 0.5) is 13.2 Å². The Kier molecular flexibility index (Phi) is 4.83.